The number of nitrogens with one attached hydrogen (secondary N) is 2. The Labute approximate surface area is 134 Å². The minimum atomic E-state index is -0.336. The van der Waals surface area contributed by atoms with Crippen molar-refractivity contribution in [1.29, 1.82) is 0 Å². The molecule has 1 aromatic carbocycles. The number of anilines is 3. The van der Waals surface area contributed by atoms with Gasteiger partial charge < -0.3 is 15.4 Å². The van der Waals surface area contributed by atoms with Crippen LogP contribution >= 0.6 is 0 Å². The largest absolute Gasteiger partial charge is 0.462 e. The van der Waals surface area contributed by atoms with Gasteiger partial charge in [-0.2, -0.15) is 0 Å². The van der Waals surface area contributed by atoms with Crippen molar-refractivity contribution in [2.24, 2.45) is 0 Å². The lowest BCUT2D eigenvalue weighted by Gasteiger charge is -2.08. The maximum absolute atomic E-state index is 11.6. The fraction of sp³-hybridized carbons (Fsp3) is 0.235. The van der Waals surface area contributed by atoms with Crippen molar-refractivity contribution in [2.75, 3.05) is 17.2 Å². The maximum Gasteiger partial charge on any atom is 0.338 e. The number of ether oxygens (including phenoxy) is 1. The third kappa shape index (κ3) is 4.81. The molecule has 120 valence electrons. The molecule has 0 aliphatic carbocycles. The number of aromatic nitrogens is 1. The summed E-state index contributed by atoms with van der Waals surface area (Å²) in [6.45, 7) is 3.91. The van der Waals surface area contributed by atoms with Gasteiger partial charge in [-0.15, -0.1) is 0 Å². The van der Waals surface area contributed by atoms with Gasteiger partial charge in [0.15, 0.2) is 0 Å². The molecule has 2 rings (SSSR count). The van der Waals surface area contributed by atoms with E-state index in [0.717, 1.165) is 11.4 Å². The molecule has 6 nitrogen and oxygen atoms in total. The Bertz CT molecular complexity index is 666. The highest BCUT2D eigenvalue weighted by atomic mass is 16.5. The number of esters is 1. The molecular formula is C17H19N3O3. The maximum atomic E-state index is 11.6. The standard InChI is InChI=1S/C17H19N3O3/c1-3-16(21)20-15-10-9-14(11-18-15)19-13-7-5-12(6-8-13)17(22)23-4-2/h5-11,19H,3-4H2,1-2H3,(H,18,20,21). The first-order valence-corrected chi connectivity index (χ1v) is 7.42. The van der Waals surface area contributed by atoms with Gasteiger partial charge in [-0.3, -0.25) is 4.79 Å². The molecule has 6 heteroatoms. The lowest BCUT2D eigenvalue weighted by molar-refractivity contribution is -0.115. The Morgan fingerprint density at radius 1 is 1.04 bits per heavy atom. The summed E-state index contributed by atoms with van der Waals surface area (Å²) in [6.07, 6.45) is 2.04. The fourth-order valence-corrected chi connectivity index (χ4v) is 1.84. The topological polar surface area (TPSA) is 80.3 Å². The Balaban J connectivity index is 1.99. The number of nitrogens with zero attached hydrogens (tertiary/aromatic N) is 1. The summed E-state index contributed by atoms with van der Waals surface area (Å²) in [7, 11) is 0. The van der Waals surface area contributed by atoms with Gasteiger partial charge in [0, 0.05) is 12.1 Å². The van der Waals surface area contributed by atoms with E-state index in [4.69, 9.17) is 4.74 Å². The van der Waals surface area contributed by atoms with E-state index in [2.05, 4.69) is 15.6 Å². The van der Waals surface area contributed by atoms with Gasteiger partial charge in [-0.1, -0.05) is 6.92 Å². The van der Waals surface area contributed by atoms with E-state index < -0.39 is 0 Å². The molecule has 0 aliphatic heterocycles. The second kappa shape index (κ2) is 7.93. The lowest BCUT2D eigenvalue weighted by atomic mass is 10.2. The number of rotatable bonds is 6. The van der Waals surface area contributed by atoms with Gasteiger partial charge in [-0.25, -0.2) is 9.78 Å². The smallest absolute Gasteiger partial charge is 0.338 e. The van der Waals surface area contributed by atoms with Crippen molar-refractivity contribution in [3.8, 4) is 0 Å². The molecule has 0 fully saturated rings. The second-order valence-corrected chi connectivity index (χ2v) is 4.76. The number of hydrogen-bond acceptors (Lipinski definition) is 5. The number of carbonyl (C=O) groups is 2. The predicted octanol–water partition coefficient (Wildman–Crippen LogP) is 3.35. The molecule has 0 saturated carbocycles. The van der Waals surface area contributed by atoms with E-state index in [1.807, 2.05) is 6.07 Å². The van der Waals surface area contributed by atoms with Crippen LogP contribution in [0.4, 0.5) is 17.2 Å². The van der Waals surface area contributed by atoms with E-state index in [1.165, 1.54) is 0 Å². The zero-order valence-electron chi connectivity index (χ0n) is 13.1. The van der Waals surface area contributed by atoms with Crippen LogP contribution in [-0.4, -0.2) is 23.5 Å². The lowest BCUT2D eigenvalue weighted by Crippen LogP contribution is -2.10. The molecule has 0 unspecified atom stereocenters. The Kier molecular flexibility index (Phi) is 5.68. The summed E-state index contributed by atoms with van der Waals surface area (Å²) in [5.41, 5.74) is 2.11. The van der Waals surface area contributed by atoms with Crippen LogP contribution in [0, 0.1) is 0 Å². The highest BCUT2D eigenvalue weighted by molar-refractivity contribution is 5.90. The normalized spacial score (nSPS) is 10.0. The number of benzene rings is 1. The SMILES string of the molecule is CCOC(=O)c1ccc(Nc2ccc(NC(=O)CC)nc2)cc1. The van der Waals surface area contributed by atoms with Gasteiger partial charge in [0.05, 0.1) is 24.1 Å². The summed E-state index contributed by atoms with van der Waals surface area (Å²) >= 11 is 0. The van der Waals surface area contributed by atoms with E-state index in [1.54, 1.807) is 50.4 Å². The monoisotopic (exact) mass is 313 g/mol. The summed E-state index contributed by atoms with van der Waals surface area (Å²) in [5, 5.41) is 5.85. The summed E-state index contributed by atoms with van der Waals surface area (Å²) in [6, 6.07) is 10.5. The highest BCUT2D eigenvalue weighted by Crippen LogP contribution is 2.18. The van der Waals surface area contributed by atoms with Crippen LogP contribution < -0.4 is 10.6 Å². The number of hydrogen-bond donors (Lipinski definition) is 2. The van der Waals surface area contributed by atoms with Crippen molar-refractivity contribution in [3.63, 3.8) is 0 Å². The molecule has 0 radical (unpaired) electrons. The van der Waals surface area contributed by atoms with Gasteiger partial charge in [0.25, 0.3) is 0 Å². The fourth-order valence-electron chi connectivity index (χ4n) is 1.84. The van der Waals surface area contributed by atoms with Gasteiger partial charge in [0.1, 0.15) is 5.82 Å². The van der Waals surface area contributed by atoms with Crippen LogP contribution in [0.3, 0.4) is 0 Å². The average Bonchev–Trinajstić information content (AvgIpc) is 2.57. The van der Waals surface area contributed by atoms with E-state index in [9.17, 15) is 9.59 Å². The minimum Gasteiger partial charge on any atom is -0.462 e. The number of amides is 1. The zero-order chi connectivity index (χ0) is 16.7. The van der Waals surface area contributed by atoms with E-state index in [-0.39, 0.29) is 11.9 Å². The van der Waals surface area contributed by atoms with Crippen LogP contribution in [0.5, 0.6) is 0 Å². The van der Waals surface area contributed by atoms with Crippen molar-refractivity contribution in [3.05, 3.63) is 48.2 Å². The quantitative estimate of drug-likeness (QED) is 0.799. The van der Waals surface area contributed by atoms with Gasteiger partial charge in [0.2, 0.25) is 5.91 Å². The molecule has 23 heavy (non-hydrogen) atoms. The summed E-state index contributed by atoms with van der Waals surface area (Å²) in [5.74, 6) is 0.101. The molecule has 2 aromatic rings. The predicted molar refractivity (Wildman–Crippen MR) is 88.8 cm³/mol. The zero-order valence-corrected chi connectivity index (χ0v) is 13.1. The average molecular weight is 313 g/mol. The molecule has 0 saturated heterocycles. The minimum absolute atomic E-state index is 0.0761. The van der Waals surface area contributed by atoms with E-state index in [0.29, 0.717) is 24.4 Å². The first-order valence-electron chi connectivity index (χ1n) is 7.42. The molecule has 0 bridgehead atoms. The molecule has 1 amide bonds. The highest BCUT2D eigenvalue weighted by Gasteiger charge is 2.06. The second-order valence-electron chi connectivity index (χ2n) is 4.76. The number of pyridine rings is 1. The van der Waals surface area contributed by atoms with Crippen LogP contribution in [0.25, 0.3) is 0 Å². The first-order chi connectivity index (χ1) is 11.1. The molecule has 1 aromatic heterocycles. The Morgan fingerprint density at radius 3 is 2.30 bits per heavy atom. The molecule has 2 N–H and O–H groups in total. The summed E-state index contributed by atoms with van der Waals surface area (Å²) in [4.78, 5) is 27.0. The third-order valence-electron chi connectivity index (χ3n) is 3.04. The Hall–Kier alpha value is -2.89. The van der Waals surface area contributed by atoms with Crippen molar-refractivity contribution < 1.29 is 14.3 Å². The first kappa shape index (κ1) is 16.5. The van der Waals surface area contributed by atoms with Crippen molar-refractivity contribution >= 4 is 29.1 Å². The van der Waals surface area contributed by atoms with Crippen LogP contribution in [0.2, 0.25) is 0 Å². The van der Waals surface area contributed by atoms with Gasteiger partial charge >= 0.3 is 5.97 Å². The molecule has 0 spiro atoms. The Morgan fingerprint density at radius 2 is 1.74 bits per heavy atom. The van der Waals surface area contributed by atoms with Crippen LogP contribution in [-0.2, 0) is 9.53 Å². The molecular weight excluding hydrogens is 294 g/mol. The molecule has 0 atom stereocenters. The van der Waals surface area contributed by atoms with E-state index >= 15 is 0 Å². The van der Waals surface area contributed by atoms with Crippen molar-refractivity contribution in [2.45, 2.75) is 20.3 Å². The molecule has 1 heterocycles. The summed E-state index contributed by atoms with van der Waals surface area (Å²) < 4.78 is 4.94. The van der Waals surface area contributed by atoms with Crippen LogP contribution in [0.1, 0.15) is 30.6 Å². The molecule has 0 aliphatic rings. The van der Waals surface area contributed by atoms with Crippen molar-refractivity contribution in [1.82, 2.24) is 4.98 Å². The van der Waals surface area contributed by atoms with Gasteiger partial charge in [-0.05, 0) is 43.3 Å². The van der Waals surface area contributed by atoms with Crippen LogP contribution in [0.15, 0.2) is 42.6 Å². The number of carbonyl (C=O) groups excluding carboxylic acids is 2. The third-order valence-corrected chi connectivity index (χ3v) is 3.04.